The third-order valence-electron chi connectivity index (χ3n) is 4.46. The molecule has 1 fully saturated rings. The van der Waals surface area contributed by atoms with Crippen molar-refractivity contribution in [3.8, 4) is 0 Å². The Labute approximate surface area is 175 Å². The fourth-order valence-corrected chi connectivity index (χ4v) is 4.74. The Hall–Kier alpha value is -2.12. The van der Waals surface area contributed by atoms with E-state index in [1.807, 2.05) is 0 Å². The van der Waals surface area contributed by atoms with Crippen molar-refractivity contribution in [3.63, 3.8) is 0 Å². The molecular weight excluding hydrogens is 419 g/mol. The maximum atomic E-state index is 12.7. The number of nitrogens with one attached hydrogen (secondary N) is 1. The van der Waals surface area contributed by atoms with Gasteiger partial charge in [0.25, 0.3) is 11.8 Å². The van der Waals surface area contributed by atoms with Crippen LogP contribution in [0.5, 0.6) is 0 Å². The van der Waals surface area contributed by atoms with E-state index in [4.69, 9.17) is 27.9 Å². The fraction of sp³-hybridized carbons (Fsp3) is 0.200. The van der Waals surface area contributed by atoms with Crippen LogP contribution in [0.25, 0.3) is 10.1 Å². The molecule has 0 spiro atoms. The highest BCUT2D eigenvalue weighted by atomic mass is 35.5. The van der Waals surface area contributed by atoms with Crippen LogP contribution >= 0.6 is 34.5 Å². The molecule has 0 radical (unpaired) electrons. The van der Waals surface area contributed by atoms with Crippen LogP contribution in [-0.2, 0) is 4.74 Å². The van der Waals surface area contributed by atoms with Gasteiger partial charge in [-0.15, -0.1) is 11.3 Å². The summed E-state index contributed by atoms with van der Waals surface area (Å²) in [4.78, 5) is 27.5. The SMILES string of the molecule is O=C(Nc1cccc(C(=O)N2CCOCC2)c1)c1sc2cc(Cl)ccc2c1Cl. The van der Waals surface area contributed by atoms with Gasteiger partial charge in [0, 0.05) is 39.4 Å². The van der Waals surface area contributed by atoms with E-state index < -0.39 is 0 Å². The van der Waals surface area contributed by atoms with Crippen LogP contribution in [0.2, 0.25) is 10.0 Å². The van der Waals surface area contributed by atoms with Crippen LogP contribution < -0.4 is 5.32 Å². The van der Waals surface area contributed by atoms with Gasteiger partial charge in [-0.2, -0.15) is 0 Å². The van der Waals surface area contributed by atoms with Crippen molar-refractivity contribution in [2.45, 2.75) is 0 Å². The van der Waals surface area contributed by atoms with Gasteiger partial charge in [0.15, 0.2) is 0 Å². The molecule has 2 heterocycles. The highest BCUT2D eigenvalue weighted by molar-refractivity contribution is 7.21. The highest BCUT2D eigenvalue weighted by Gasteiger charge is 2.20. The largest absolute Gasteiger partial charge is 0.378 e. The molecule has 144 valence electrons. The van der Waals surface area contributed by atoms with E-state index in [2.05, 4.69) is 5.32 Å². The summed E-state index contributed by atoms with van der Waals surface area (Å²) in [7, 11) is 0. The van der Waals surface area contributed by atoms with Crippen LogP contribution in [0.4, 0.5) is 5.69 Å². The topological polar surface area (TPSA) is 58.6 Å². The number of rotatable bonds is 3. The summed E-state index contributed by atoms with van der Waals surface area (Å²) in [5.41, 5.74) is 1.06. The van der Waals surface area contributed by atoms with Gasteiger partial charge in [-0.3, -0.25) is 9.59 Å². The summed E-state index contributed by atoms with van der Waals surface area (Å²) in [6.07, 6.45) is 0. The molecule has 4 rings (SSSR count). The predicted molar refractivity (Wildman–Crippen MR) is 113 cm³/mol. The minimum Gasteiger partial charge on any atom is -0.378 e. The van der Waals surface area contributed by atoms with E-state index in [9.17, 15) is 9.59 Å². The average Bonchev–Trinajstić information content (AvgIpc) is 3.04. The lowest BCUT2D eigenvalue weighted by atomic mass is 10.1. The second-order valence-corrected chi connectivity index (χ2v) is 8.19. The molecule has 0 bridgehead atoms. The normalized spacial score (nSPS) is 14.3. The number of morpholine rings is 1. The molecule has 2 amide bonds. The van der Waals surface area contributed by atoms with E-state index in [1.165, 1.54) is 11.3 Å². The molecule has 0 saturated carbocycles. The molecule has 1 N–H and O–H groups in total. The minimum absolute atomic E-state index is 0.0751. The molecule has 0 atom stereocenters. The third kappa shape index (κ3) is 3.86. The fourth-order valence-electron chi connectivity index (χ4n) is 3.05. The Morgan fingerprint density at radius 3 is 2.64 bits per heavy atom. The first-order chi connectivity index (χ1) is 13.5. The zero-order chi connectivity index (χ0) is 19.7. The summed E-state index contributed by atoms with van der Waals surface area (Å²) in [6, 6.07) is 12.2. The lowest BCUT2D eigenvalue weighted by Gasteiger charge is -2.27. The van der Waals surface area contributed by atoms with Gasteiger partial charge < -0.3 is 15.0 Å². The third-order valence-corrected chi connectivity index (χ3v) is 6.35. The van der Waals surface area contributed by atoms with Crippen molar-refractivity contribution in [2.75, 3.05) is 31.6 Å². The first-order valence-corrected chi connectivity index (χ1v) is 10.3. The molecule has 5 nitrogen and oxygen atoms in total. The Morgan fingerprint density at radius 2 is 1.86 bits per heavy atom. The number of nitrogens with zero attached hydrogens (tertiary/aromatic N) is 1. The van der Waals surface area contributed by atoms with Crippen molar-refractivity contribution in [2.24, 2.45) is 0 Å². The van der Waals surface area contributed by atoms with Crippen LogP contribution in [0.1, 0.15) is 20.0 Å². The van der Waals surface area contributed by atoms with E-state index in [0.717, 1.165) is 10.1 Å². The minimum atomic E-state index is -0.321. The van der Waals surface area contributed by atoms with Crippen LogP contribution in [0.15, 0.2) is 42.5 Å². The van der Waals surface area contributed by atoms with Gasteiger partial charge in [0.05, 0.1) is 18.2 Å². The van der Waals surface area contributed by atoms with Crippen LogP contribution in [0, 0.1) is 0 Å². The summed E-state index contributed by atoms with van der Waals surface area (Å²) in [5, 5.41) is 4.61. The highest BCUT2D eigenvalue weighted by Crippen LogP contribution is 2.37. The molecule has 0 aliphatic carbocycles. The van der Waals surface area contributed by atoms with E-state index in [-0.39, 0.29) is 11.8 Å². The van der Waals surface area contributed by atoms with Crippen LogP contribution in [0.3, 0.4) is 0 Å². The van der Waals surface area contributed by atoms with Crippen molar-refractivity contribution < 1.29 is 14.3 Å². The van der Waals surface area contributed by atoms with Crippen LogP contribution in [-0.4, -0.2) is 43.0 Å². The molecule has 28 heavy (non-hydrogen) atoms. The maximum Gasteiger partial charge on any atom is 0.267 e. The van der Waals surface area contributed by atoms with Gasteiger partial charge in [-0.05, 0) is 30.3 Å². The van der Waals surface area contributed by atoms with Gasteiger partial charge in [-0.25, -0.2) is 0 Å². The standard InChI is InChI=1S/C20H16Cl2N2O3S/c21-13-4-5-15-16(11-13)28-18(17(15)22)19(25)23-14-3-1-2-12(10-14)20(26)24-6-8-27-9-7-24/h1-5,10-11H,6-9H2,(H,23,25). The summed E-state index contributed by atoms with van der Waals surface area (Å²) in [6.45, 7) is 2.21. The van der Waals surface area contributed by atoms with Gasteiger partial charge in [0.2, 0.25) is 0 Å². The van der Waals surface area contributed by atoms with E-state index >= 15 is 0 Å². The number of fused-ring (bicyclic) bond motifs is 1. The van der Waals surface area contributed by atoms with Gasteiger partial charge in [-0.1, -0.05) is 35.3 Å². The number of hydrogen-bond donors (Lipinski definition) is 1. The molecule has 0 unspecified atom stereocenters. The molecular formula is C20H16Cl2N2O3S. The molecule has 1 aromatic heterocycles. The molecule has 2 aromatic carbocycles. The Kier molecular flexibility index (Phi) is 5.55. The number of anilines is 1. The summed E-state index contributed by atoms with van der Waals surface area (Å²) < 4.78 is 6.13. The second-order valence-electron chi connectivity index (χ2n) is 6.33. The quantitative estimate of drug-likeness (QED) is 0.635. The zero-order valence-electron chi connectivity index (χ0n) is 14.7. The monoisotopic (exact) mass is 434 g/mol. The van der Waals surface area contributed by atoms with E-state index in [0.29, 0.717) is 52.5 Å². The zero-order valence-corrected chi connectivity index (χ0v) is 17.0. The Morgan fingerprint density at radius 1 is 1.07 bits per heavy atom. The van der Waals surface area contributed by atoms with Gasteiger partial charge in [0.1, 0.15) is 4.88 Å². The second kappa shape index (κ2) is 8.09. The molecule has 1 aliphatic heterocycles. The van der Waals surface area contributed by atoms with Gasteiger partial charge >= 0.3 is 0 Å². The Balaban J connectivity index is 1.55. The molecule has 1 aliphatic rings. The molecule has 8 heteroatoms. The van der Waals surface area contributed by atoms with Crippen molar-refractivity contribution >= 4 is 62.1 Å². The maximum absolute atomic E-state index is 12.7. The number of amides is 2. The number of carbonyl (C=O) groups is 2. The summed E-state index contributed by atoms with van der Waals surface area (Å²) >= 11 is 13.7. The number of carbonyl (C=O) groups excluding carboxylic acids is 2. The number of halogens is 2. The number of hydrogen-bond acceptors (Lipinski definition) is 4. The average molecular weight is 435 g/mol. The predicted octanol–water partition coefficient (Wildman–Crippen LogP) is 4.93. The first-order valence-electron chi connectivity index (χ1n) is 8.69. The van der Waals surface area contributed by atoms with E-state index in [1.54, 1.807) is 47.4 Å². The lowest BCUT2D eigenvalue weighted by molar-refractivity contribution is 0.0303. The number of ether oxygens (including phenoxy) is 1. The Bertz CT molecular complexity index is 1060. The molecule has 1 saturated heterocycles. The number of thiophene rings is 1. The first kappa shape index (κ1) is 19.2. The molecule has 3 aromatic rings. The van der Waals surface area contributed by atoms with Crippen molar-refractivity contribution in [1.29, 1.82) is 0 Å². The number of benzene rings is 2. The summed E-state index contributed by atoms with van der Waals surface area (Å²) in [5.74, 6) is -0.396. The smallest absolute Gasteiger partial charge is 0.267 e. The van der Waals surface area contributed by atoms with Crippen molar-refractivity contribution in [3.05, 3.63) is 63.0 Å². The van der Waals surface area contributed by atoms with Crippen molar-refractivity contribution in [1.82, 2.24) is 4.90 Å². The lowest BCUT2D eigenvalue weighted by Crippen LogP contribution is -2.40.